The van der Waals surface area contributed by atoms with Crippen molar-refractivity contribution in [3.05, 3.63) is 83.0 Å². The van der Waals surface area contributed by atoms with E-state index in [4.69, 9.17) is 0 Å². The van der Waals surface area contributed by atoms with Crippen LogP contribution in [-0.2, 0) is 21.9 Å². The molecule has 3 aromatic rings. The number of unbranched alkanes of at least 4 members (excludes halogenated alkanes) is 2. The topological polar surface area (TPSA) is 100 Å². The molecule has 7 nitrogen and oxygen atoms in total. The van der Waals surface area contributed by atoms with E-state index in [1.165, 1.54) is 0 Å². The molecule has 0 bridgehead atoms. The Labute approximate surface area is 226 Å². The Hall–Kier alpha value is -3.23. The first kappa shape index (κ1) is 27.8. The largest absolute Gasteiger partial charge is 0.352 e. The predicted molar refractivity (Wildman–Crippen MR) is 152 cm³/mol. The fourth-order valence-corrected chi connectivity index (χ4v) is 6.25. The van der Waals surface area contributed by atoms with Crippen LogP contribution in [0.25, 0.3) is 0 Å². The average Bonchev–Trinajstić information content (AvgIpc) is 3.15. The molecule has 1 atom stereocenters. The summed E-state index contributed by atoms with van der Waals surface area (Å²) in [6, 6.07) is 16.1. The van der Waals surface area contributed by atoms with Gasteiger partial charge >= 0.3 is 0 Å². The molecule has 3 N–H and O–H groups in total. The molecular weight excluding hydrogens is 496 g/mol. The Kier molecular flexibility index (Phi) is 8.53. The average molecular weight is 535 g/mol. The molecule has 2 aromatic carbocycles. The molecule has 202 valence electrons. The van der Waals surface area contributed by atoms with E-state index in [1.54, 1.807) is 30.5 Å². The van der Waals surface area contributed by atoms with Crippen LogP contribution in [0.15, 0.2) is 65.7 Å². The van der Waals surface area contributed by atoms with Crippen LogP contribution in [0.5, 0.6) is 0 Å². The van der Waals surface area contributed by atoms with Crippen molar-refractivity contribution in [3.8, 4) is 0 Å². The number of nitrogens with one attached hydrogen (secondary N) is 3. The molecule has 1 unspecified atom stereocenters. The van der Waals surface area contributed by atoms with E-state index < -0.39 is 10.0 Å². The molecule has 8 heteroatoms. The summed E-state index contributed by atoms with van der Waals surface area (Å²) >= 11 is 0. The minimum absolute atomic E-state index is 0.168. The van der Waals surface area contributed by atoms with E-state index in [0.29, 0.717) is 24.3 Å². The van der Waals surface area contributed by atoms with Crippen LogP contribution in [0.4, 0.5) is 11.5 Å². The highest BCUT2D eigenvalue weighted by Gasteiger charge is 2.39. The second kappa shape index (κ2) is 11.7. The maximum absolute atomic E-state index is 13.3. The zero-order valence-electron chi connectivity index (χ0n) is 22.7. The third kappa shape index (κ3) is 6.25. The molecule has 0 saturated carbocycles. The first-order valence-corrected chi connectivity index (χ1v) is 14.9. The summed E-state index contributed by atoms with van der Waals surface area (Å²) in [4.78, 5) is 17.5. The number of nitrogens with zero attached hydrogens (tertiary/aromatic N) is 1. The van der Waals surface area contributed by atoms with Crippen LogP contribution in [0.3, 0.4) is 0 Å². The van der Waals surface area contributed by atoms with Gasteiger partial charge in [0.25, 0.3) is 5.91 Å². The summed E-state index contributed by atoms with van der Waals surface area (Å²) in [6.07, 6.45) is 6.24. The lowest BCUT2D eigenvalue weighted by Gasteiger charge is -2.19. The van der Waals surface area contributed by atoms with E-state index in [9.17, 15) is 13.2 Å². The summed E-state index contributed by atoms with van der Waals surface area (Å²) in [5.41, 5.74) is 4.15. The number of hydrogen-bond donors (Lipinski definition) is 3. The summed E-state index contributed by atoms with van der Waals surface area (Å²) < 4.78 is 29.4. The minimum atomic E-state index is -3.70. The van der Waals surface area contributed by atoms with Crippen molar-refractivity contribution in [2.75, 3.05) is 11.9 Å². The van der Waals surface area contributed by atoms with Crippen LogP contribution < -0.4 is 15.4 Å². The molecule has 1 heterocycles. The number of benzene rings is 2. The molecule has 1 amide bonds. The van der Waals surface area contributed by atoms with Crippen LogP contribution in [-0.4, -0.2) is 25.9 Å². The molecular formula is C30H38N4O3S. The normalized spacial score (nSPS) is 16.2. The van der Waals surface area contributed by atoms with Gasteiger partial charge in [-0.05, 0) is 77.8 Å². The molecule has 1 aliphatic rings. The van der Waals surface area contributed by atoms with E-state index in [2.05, 4.69) is 41.1 Å². The number of aryl methyl sites for hydroxylation is 1. The molecule has 1 aliphatic carbocycles. The number of carbonyl (C=O) groups is 1. The number of sulfonamides is 1. The Bertz CT molecular complexity index is 1380. The molecule has 0 fully saturated rings. The molecule has 1 aromatic heterocycles. The number of carbonyl (C=O) groups excluding carboxylic acids is 1. The number of hydrogen-bond acceptors (Lipinski definition) is 5. The fourth-order valence-electron chi connectivity index (χ4n) is 5.04. The molecule has 38 heavy (non-hydrogen) atoms. The quantitative estimate of drug-likeness (QED) is 0.262. The Morgan fingerprint density at radius 2 is 1.82 bits per heavy atom. The van der Waals surface area contributed by atoms with Crippen molar-refractivity contribution >= 4 is 27.4 Å². The van der Waals surface area contributed by atoms with Crippen LogP contribution in [0.2, 0.25) is 0 Å². The molecule has 0 saturated heterocycles. The van der Waals surface area contributed by atoms with Gasteiger partial charge in [0, 0.05) is 24.5 Å². The number of rotatable bonds is 11. The van der Waals surface area contributed by atoms with Crippen molar-refractivity contribution in [1.82, 2.24) is 15.0 Å². The van der Waals surface area contributed by atoms with Crippen LogP contribution >= 0.6 is 0 Å². The maximum atomic E-state index is 13.3. The highest BCUT2D eigenvalue weighted by molar-refractivity contribution is 7.89. The molecule has 0 radical (unpaired) electrons. The fraction of sp³-hybridized carbons (Fsp3) is 0.400. The highest BCUT2D eigenvalue weighted by Crippen LogP contribution is 2.46. The highest BCUT2D eigenvalue weighted by atomic mass is 32.2. The SMILES string of the molecule is CCCCCNC(=O)c1cccnc1Nc1ccc2c(c1)C(NS(=O)(=O)c1ccc(CC)cc1)CC2(C)C. The lowest BCUT2D eigenvalue weighted by molar-refractivity contribution is 0.0953. The van der Waals surface area contributed by atoms with Crippen LogP contribution in [0, 0.1) is 0 Å². The maximum Gasteiger partial charge on any atom is 0.255 e. The molecule has 0 aliphatic heterocycles. The molecule has 0 spiro atoms. The van der Waals surface area contributed by atoms with E-state index >= 15 is 0 Å². The van der Waals surface area contributed by atoms with Crippen molar-refractivity contribution < 1.29 is 13.2 Å². The van der Waals surface area contributed by atoms with Crippen molar-refractivity contribution in [3.63, 3.8) is 0 Å². The summed E-state index contributed by atoms with van der Waals surface area (Å²) in [6.45, 7) is 9.05. The van der Waals surface area contributed by atoms with Gasteiger partial charge in [0.2, 0.25) is 10.0 Å². The third-order valence-electron chi connectivity index (χ3n) is 7.19. The zero-order chi connectivity index (χ0) is 27.3. The summed E-state index contributed by atoms with van der Waals surface area (Å²) in [7, 11) is -3.70. The van der Waals surface area contributed by atoms with Crippen LogP contribution in [0.1, 0.15) is 86.5 Å². The number of anilines is 2. The lowest BCUT2D eigenvalue weighted by Crippen LogP contribution is -2.28. The third-order valence-corrected chi connectivity index (χ3v) is 8.68. The number of aromatic nitrogens is 1. The monoisotopic (exact) mass is 534 g/mol. The summed E-state index contributed by atoms with van der Waals surface area (Å²) in [5, 5.41) is 6.26. The predicted octanol–water partition coefficient (Wildman–Crippen LogP) is 6.01. The molecule has 4 rings (SSSR count). The van der Waals surface area contributed by atoms with Gasteiger partial charge in [-0.3, -0.25) is 4.79 Å². The number of fused-ring (bicyclic) bond motifs is 1. The lowest BCUT2D eigenvalue weighted by atomic mass is 9.86. The zero-order valence-corrected chi connectivity index (χ0v) is 23.5. The van der Waals surface area contributed by atoms with Crippen molar-refractivity contribution in [1.29, 1.82) is 0 Å². The summed E-state index contributed by atoms with van der Waals surface area (Å²) in [5.74, 6) is 0.296. The second-order valence-corrected chi connectivity index (χ2v) is 12.3. The van der Waals surface area contributed by atoms with Crippen molar-refractivity contribution in [2.45, 2.75) is 76.2 Å². The minimum Gasteiger partial charge on any atom is -0.352 e. The second-order valence-electron chi connectivity index (χ2n) is 10.5. The van der Waals surface area contributed by atoms with E-state index in [-0.39, 0.29) is 22.3 Å². The van der Waals surface area contributed by atoms with Gasteiger partial charge in [-0.15, -0.1) is 0 Å². The Morgan fingerprint density at radius 1 is 1.05 bits per heavy atom. The first-order valence-electron chi connectivity index (χ1n) is 13.4. The van der Waals surface area contributed by atoms with Gasteiger partial charge < -0.3 is 10.6 Å². The van der Waals surface area contributed by atoms with Gasteiger partial charge in [-0.1, -0.05) is 58.7 Å². The van der Waals surface area contributed by atoms with Gasteiger partial charge in [0.15, 0.2) is 0 Å². The van der Waals surface area contributed by atoms with Gasteiger partial charge in [0.1, 0.15) is 5.82 Å². The van der Waals surface area contributed by atoms with Gasteiger partial charge in [-0.25, -0.2) is 18.1 Å². The first-order chi connectivity index (χ1) is 18.1. The number of amides is 1. The number of pyridine rings is 1. The Morgan fingerprint density at radius 3 is 2.53 bits per heavy atom. The van der Waals surface area contributed by atoms with Gasteiger partial charge in [0.05, 0.1) is 10.5 Å². The standard InChI is InChI=1S/C30H38N4O3S/c1-5-7-8-17-32-29(35)24-10-9-18-31-28(24)33-22-13-16-26-25(19-22)27(20-30(26,3)4)34-38(36,37)23-14-11-21(6-2)12-15-23/h9-16,18-19,27,34H,5-8,17,20H2,1-4H3,(H,31,33)(H,32,35). The Balaban J connectivity index is 1.57. The smallest absolute Gasteiger partial charge is 0.255 e. The van der Waals surface area contributed by atoms with Crippen molar-refractivity contribution in [2.24, 2.45) is 0 Å². The van der Waals surface area contributed by atoms with Gasteiger partial charge in [-0.2, -0.15) is 0 Å². The van der Waals surface area contributed by atoms with E-state index in [0.717, 1.165) is 48.1 Å². The van der Waals surface area contributed by atoms with E-state index in [1.807, 2.05) is 37.3 Å².